The summed E-state index contributed by atoms with van der Waals surface area (Å²) in [6.45, 7) is 25.8. The van der Waals surface area contributed by atoms with E-state index in [0.29, 0.717) is 11.5 Å². The second kappa shape index (κ2) is 29.3. The molecule has 4 nitrogen and oxygen atoms in total. The van der Waals surface area contributed by atoms with Crippen molar-refractivity contribution in [2.75, 3.05) is 0 Å². The van der Waals surface area contributed by atoms with Crippen LogP contribution in [0.25, 0.3) is 0 Å². The largest absolute Gasteiger partial charge is 0.388 e. The van der Waals surface area contributed by atoms with Crippen molar-refractivity contribution in [3.63, 3.8) is 0 Å². The van der Waals surface area contributed by atoms with Crippen LogP contribution in [0.15, 0.2) is 12.2 Å². The SMILES string of the molecule is [C-]#[O+].[C-]#[O+].[C-]#[O+].[CH2][C]([CH2])[CH][C@@H](O)C(=C)C.[Fe]. The van der Waals surface area contributed by atoms with E-state index < -0.39 is 6.10 Å². The summed E-state index contributed by atoms with van der Waals surface area (Å²) in [4.78, 5) is 0. The van der Waals surface area contributed by atoms with Crippen molar-refractivity contribution in [3.8, 4) is 0 Å². The summed E-state index contributed by atoms with van der Waals surface area (Å²) >= 11 is 0. The third-order valence-electron chi connectivity index (χ3n) is 0.898. The van der Waals surface area contributed by atoms with E-state index >= 15 is 0 Å². The fraction of sp³-hybridized carbons (Fsp3) is 0.182. The van der Waals surface area contributed by atoms with Crippen molar-refractivity contribution in [1.29, 1.82) is 0 Å². The van der Waals surface area contributed by atoms with Crippen LogP contribution in [-0.4, -0.2) is 11.2 Å². The molecule has 0 rings (SSSR count). The molecule has 0 heterocycles. The van der Waals surface area contributed by atoms with Gasteiger partial charge in [-0.1, -0.05) is 12.2 Å². The average Bonchev–Trinajstić information content (AvgIpc) is 2.25. The first-order valence-electron chi connectivity index (χ1n) is 3.34. The van der Waals surface area contributed by atoms with Gasteiger partial charge in [0.2, 0.25) is 0 Å². The third kappa shape index (κ3) is 37.6. The van der Waals surface area contributed by atoms with Crippen molar-refractivity contribution < 1.29 is 36.1 Å². The summed E-state index contributed by atoms with van der Waals surface area (Å²) in [6, 6.07) is 0. The fourth-order valence-corrected chi connectivity index (χ4v) is 0.366. The molecule has 0 aliphatic heterocycles. The van der Waals surface area contributed by atoms with Gasteiger partial charge >= 0.3 is 33.9 Å². The molecule has 1 N–H and O–H groups in total. The van der Waals surface area contributed by atoms with Crippen LogP contribution in [0.2, 0.25) is 0 Å². The van der Waals surface area contributed by atoms with Crippen LogP contribution in [0, 0.1) is 46.1 Å². The number of hydrogen-bond acceptors (Lipinski definition) is 1. The van der Waals surface area contributed by atoms with Gasteiger partial charge in [0.1, 0.15) is 0 Å². The summed E-state index contributed by atoms with van der Waals surface area (Å²) < 4.78 is 22.5. The van der Waals surface area contributed by atoms with E-state index in [2.05, 4.69) is 40.4 Å². The number of aliphatic hydroxyl groups excluding tert-OH is 1. The zero-order valence-corrected chi connectivity index (χ0v) is 9.91. The van der Waals surface area contributed by atoms with Gasteiger partial charge in [0.25, 0.3) is 0 Å². The Morgan fingerprint density at radius 3 is 1.44 bits per heavy atom. The Balaban J connectivity index is -0.0000000498. The van der Waals surface area contributed by atoms with E-state index in [1.165, 1.54) is 0 Å². The van der Waals surface area contributed by atoms with Gasteiger partial charge in [0, 0.05) is 23.5 Å². The smallest absolute Gasteiger partial charge is 0.0782 e. The predicted octanol–water partition coefficient (Wildman–Crippen LogP) is 1.26. The van der Waals surface area contributed by atoms with E-state index in [4.69, 9.17) is 19.1 Å². The third-order valence-corrected chi connectivity index (χ3v) is 0.898. The molecule has 0 saturated heterocycles. The zero-order chi connectivity index (χ0) is 13.4. The minimum Gasteiger partial charge on any atom is -0.388 e. The molecule has 0 amide bonds. The van der Waals surface area contributed by atoms with Crippen LogP contribution >= 0.6 is 0 Å². The maximum absolute atomic E-state index is 9.04. The molecule has 0 spiro atoms. The molecule has 88 valence electrons. The fourth-order valence-electron chi connectivity index (χ4n) is 0.366. The Kier molecular flexibility index (Phi) is 54.0. The quantitative estimate of drug-likeness (QED) is 0.354. The van der Waals surface area contributed by atoms with Gasteiger partial charge in [-0.05, 0) is 26.7 Å². The Bertz CT molecular complexity index is 180. The Morgan fingerprint density at radius 2 is 1.38 bits per heavy atom. The standard InChI is InChI=1S/C8H12O.3CO.Fe/c1-6(2)5-8(9)7(3)4;3*1-2;/h5,8-9H,1-3H2,4H3;;;;/t8-;;;;/m1..../s1. The van der Waals surface area contributed by atoms with E-state index in [0.717, 1.165) is 0 Å². The van der Waals surface area contributed by atoms with Crippen molar-refractivity contribution in [2.24, 2.45) is 0 Å². The van der Waals surface area contributed by atoms with Gasteiger partial charge in [-0.15, -0.1) is 0 Å². The van der Waals surface area contributed by atoms with Gasteiger partial charge < -0.3 is 5.11 Å². The van der Waals surface area contributed by atoms with Gasteiger partial charge in [0.15, 0.2) is 0 Å². The molecular formula is C11H12FeO4. The molecule has 16 heavy (non-hydrogen) atoms. The molecule has 0 bridgehead atoms. The summed E-state index contributed by atoms with van der Waals surface area (Å²) in [5.41, 5.74) is 0.708. The predicted molar refractivity (Wildman–Crippen MR) is 50.9 cm³/mol. The van der Waals surface area contributed by atoms with Crippen molar-refractivity contribution >= 4 is 0 Å². The molecular weight excluding hydrogens is 252 g/mol. The minimum absolute atomic E-state index is 0. The van der Waals surface area contributed by atoms with Gasteiger partial charge in [0.05, 0.1) is 6.10 Å². The maximum atomic E-state index is 9.04. The first-order chi connectivity index (χ1) is 7.04. The van der Waals surface area contributed by atoms with Crippen LogP contribution in [0.5, 0.6) is 0 Å². The molecule has 0 aliphatic carbocycles. The minimum atomic E-state index is -0.588. The van der Waals surface area contributed by atoms with Crippen LogP contribution in [0.1, 0.15) is 6.92 Å². The van der Waals surface area contributed by atoms with E-state index in [9.17, 15) is 0 Å². The molecule has 4 radical (unpaired) electrons. The van der Waals surface area contributed by atoms with Gasteiger partial charge in [-0.2, -0.15) is 0 Å². The Labute approximate surface area is 108 Å². The number of rotatable bonds is 3. The van der Waals surface area contributed by atoms with Crippen LogP contribution in [0.3, 0.4) is 0 Å². The van der Waals surface area contributed by atoms with Crippen molar-refractivity contribution in [3.05, 3.63) is 58.3 Å². The number of hydrogen-bond donors (Lipinski definition) is 1. The second-order valence-corrected chi connectivity index (χ2v) is 2.12. The summed E-state index contributed by atoms with van der Waals surface area (Å²) in [5.74, 6) is 0.616. The Morgan fingerprint density at radius 1 is 1.12 bits per heavy atom. The van der Waals surface area contributed by atoms with Crippen molar-refractivity contribution in [2.45, 2.75) is 13.0 Å². The topological polar surface area (TPSA) is 79.9 Å². The molecule has 0 aromatic heterocycles. The first kappa shape index (κ1) is 29.5. The normalized spacial score (nSPS) is 8.19. The molecule has 1 atom stereocenters. The molecule has 5 heteroatoms. The molecule has 0 fully saturated rings. The summed E-state index contributed by atoms with van der Waals surface area (Å²) in [6.07, 6.45) is 0.970. The second-order valence-electron chi connectivity index (χ2n) is 2.12. The van der Waals surface area contributed by atoms with Gasteiger partial charge in [-0.25, -0.2) is 0 Å². The molecule has 0 aliphatic rings. The number of aliphatic hydroxyl groups is 1. The van der Waals surface area contributed by atoms with Crippen molar-refractivity contribution in [1.82, 2.24) is 0 Å². The summed E-state index contributed by atoms with van der Waals surface area (Å²) in [7, 11) is 0. The average molecular weight is 264 g/mol. The summed E-state index contributed by atoms with van der Waals surface area (Å²) in [5, 5.41) is 9.04. The van der Waals surface area contributed by atoms with E-state index in [1.54, 1.807) is 13.3 Å². The monoisotopic (exact) mass is 264 g/mol. The van der Waals surface area contributed by atoms with Crippen LogP contribution < -0.4 is 0 Å². The van der Waals surface area contributed by atoms with Crippen LogP contribution in [0.4, 0.5) is 0 Å². The van der Waals surface area contributed by atoms with E-state index in [-0.39, 0.29) is 17.1 Å². The molecule has 0 aromatic carbocycles. The molecule has 0 saturated carbocycles. The zero-order valence-electron chi connectivity index (χ0n) is 8.80. The molecule has 0 unspecified atom stereocenters. The first-order valence-corrected chi connectivity index (χ1v) is 3.34. The van der Waals surface area contributed by atoms with Gasteiger partial charge in [-0.3, -0.25) is 0 Å². The maximum Gasteiger partial charge on any atom is 0.0782 e. The molecule has 0 aromatic rings. The Hall–Kier alpha value is -0.561. The van der Waals surface area contributed by atoms with E-state index in [1.807, 2.05) is 0 Å². The van der Waals surface area contributed by atoms with Crippen LogP contribution in [-0.2, 0) is 31.0 Å².